The van der Waals surface area contributed by atoms with E-state index in [4.69, 9.17) is 29.4 Å². The van der Waals surface area contributed by atoms with Crippen LogP contribution in [0.4, 0.5) is 11.9 Å². The standard InChI is InChI=1S/C27H35N7OS/c1-4-5-13-28-23(24-12-9-18-35-24)19-21(2)29-25-30-26(34-16-14-33(3)15-17-34)32-27(31-25)36-20-22-10-7-6-8-11-22/h6-12,18H,4-5,13-17,19-20H2,1-3H3. The fourth-order valence-corrected chi connectivity index (χ4v) is 4.59. The monoisotopic (exact) mass is 505 g/mol. The molecule has 3 aromatic rings. The van der Waals surface area contributed by atoms with E-state index >= 15 is 0 Å². The molecule has 3 heterocycles. The van der Waals surface area contributed by atoms with Crippen molar-refractivity contribution in [2.24, 2.45) is 9.98 Å². The second-order valence-electron chi connectivity index (χ2n) is 8.97. The minimum Gasteiger partial charge on any atom is -0.463 e. The number of hydrogen-bond acceptors (Lipinski definition) is 9. The Bertz CT molecular complexity index is 1140. The van der Waals surface area contributed by atoms with Gasteiger partial charge < -0.3 is 14.2 Å². The Hall–Kier alpha value is -3.04. The minimum absolute atomic E-state index is 0.444. The normalized spacial score (nSPS) is 15.5. The predicted molar refractivity (Wildman–Crippen MR) is 148 cm³/mol. The van der Waals surface area contributed by atoms with Crippen LogP contribution in [-0.4, -0.2) is 71.0 Å². The van der Waals surface area contributed by atoms with E-state index in [1.54, 1.807) is 18.0 Å². The molecular weight excluding hydrogens is 470 g/mol. The Morgan fingerprint density at radius 1 is 1.03 bits per heavy atom. The Labute approximate surface area is 218 Å². The van der Waals surface area contributed by atoms with Crippen molar-refractivity contribution in [1.29, 1.82) is 0 Å². The first kappa shape index (κ1) is 26.0. The van der Waals surface area contributed by atoms with Crippen LogP contribution in [0.15, 0.2) is 68.3 Å². The summed E-state index contributed by atoms with van der Waals surface area (Å²) in [5.41, 5.74) is 3.02. The minimum atomic E-state index is 0.444. The van der Waals surface area contributed by atoms with Gasteiger partial charge in [-0.3, -0.25) is 4.99 Å². The van der Waals surface area contributed by atoms with E-state index < -0.39 is 0 Å². The molecule has 1 saturated heterocycles. The van der Waals surface area contributed by atoms with E-state index in [0.29, 0.717) is 23.5 Å². The summed E-state index contributed by atoms with van der Waals surface area (Å²) in [5, 5.41) is 0.692. The highest BCUT2D eigenvalue weighted by atomic mass is 32.2. The molecule has 0 atom stereocenters. The van der Waals surface area contributed by atoms with Crippen molar-refractivity contribution < 1.29 is 4.42 Å². The first-order valence-electron chi connectivity index (χ1n) is 12.6. The largest absolute Gasteiger partial charge is 0.463 e. The summed E-state index contributed by atoms with van der Waals surface area (Å²) in [6.45, 7) is 8.68. The lowest BCUT2D eigenvalue weighted by atomic mass is 10.1. The van der Waals surface area contributed by atoms with Crippen molar-refractivity contribution in [3.05, 3.63) is 60.1 Å². The number of hydrogen-bond donors (Lipinski definition) is 0. The van der Waals surface area contributed by atoms with Crippen LogP contribution >= 0.6 is 11.8 Å². The summed E-state index contributed by atoms with van der Waals surface area (Å²) < 4.78 is 5.64. The van der Waals surface area contributed by atoms with Gasteiger partial charge in [0.2, 0.25) is 5.95 Å². The predicted octanol–water partition coefficient (Wildman–Crippen LogP) is 5.28. The van der Waals surface area contributed by atoms with Gasteiger partial charge in [0.25, 0.3) is 5.95 Å². The molecule has 2 aromatic heterocycles. The van der Waals surface area contributed by atoms with Crippen LogP contribution in [0.1, 0.15) is 44.4 Å². The van der Waals surface area contributed by atoms with Gasteiger partial charge in [0.05, 0.1) is 12.0 Å². The number of furan rings is 1. The maximum Gasteiger partial charge on any atom is 0.255 e. The number of nitrogens with zero attached hydrogens (tertiary/aromatic N) is 7. The highest BCUT2D eigenvalue weighted by Crippen LogP contribution is 2.24. The van der Waals surface area contributed by atoms with Gasteiger partial charge in [-0.15, -0.1) is 0 Å². The van der Waals surface area contributed by atoms with Crippen molar-refractivity contribution in [1.82, 2.24) is 19.9 Å². The fourth-order valence-electron chi connectivity index (χ4n) is 3.81. The van der Waals surface area contributed by atoms with Crippen LogP contribution in [0.3, 0.4) is 0 Å². The summed E-state index contributed by atoms with van der Waals surface area (Å²) >= 11 is 1.61. The molecule has 0 amide bonds. The van der Waals surface area contributed by atoms with E-state index in [1.165, 1.54) is 5.56 Å². The van der Waals surface area contributed by atoms with Crippen LogP contribution in [0.25, 0.3) is 0 Å². The Balaban J connectivity index is 1.56. The summed E-state index contributed by atoms with van der Waals surface area (Å²) in [5.74, 6) is 2.72. The second-order valence-corrected chi connectivity index (χ2v) is 9.91. The summed E-state index contributed by atoms with van der Waals surface area (Å²) in [6, 6.07) is 14.2. The molecule has 36 heavy (non-hydrogen) atoms. The zero-order valence-corrected chi connectivity index (χ0v) is 22.2. The Morgan fingerprint density at radius 2 is 1.83 bits per heavy atom. The van der Waals surface area contributed by atoms with Crippen LogP contribution in [-0.2, 0) is 5.75 Å². The molecule has 9 heteroatoms. The molecule has 1 aliphatic rings. The molecule has 4 rings (SSSR count). The lowest BCUT2D eigenvalue weighted by Gasteiger charge is -2.32. The molecule has 1 aromatic carbocycles. The third-order valence-corrected chi connectivity index (χ3v) is 6.84. The average molecular weight is 506 g/mol. The maximum atomic E-state index is 5.64. The van der Waals surface area contributed by atoms with Crippen LogP contribution in [0.5, 0.6) is 0 Å². The summed E-state index contributed by atoms with van der Waals surface area (Å²) in [7, 11) is 2.14. The number of unbranched alkanes of at least 4 members (excludes halogenated alkanes) is 1. The molecule has 0 unspecified atom stereocenters. The van der Waals surface area contributed by atoms with E-state index in [2.05, 4.69) is 48.0 Å². The fraction of sp³-hybridized carbons (Fsp3) is 0.444. The quantitative estimate of drug-likeness (QED) is 0.199. The molecule has 0 saturated carbocycles. The summed E-state index contributed by atoms with van der Waals surface area (Å²) in [4.78, 5) is 28.4. The van der Waals surface area contributed by atoms with Gasteiger partial charge in [-0.2, -0.15) is 15.0 Å². The number of benzene rings is 1. The number of piperazine rings is 1. The molecule has 0 aliphatic carbocycles. The van der Waals surface area contributed by atoms with Crippen molar-refractivity contribution in [2.75, 3.05) is 44.7 Å². The molecule has 0 radical (unpaired) electrons. The number of aliphatic imine (C=N–C) groups is 2. The zero-order valence-electron chi connectivity index (χ0n) is 21.4. The van der Waals surface area contributed by atoms with E-state index in [-0.39, 0.29) is 0 Å². The van der Waals surface area contributed by atoms with Gasteiger partial charge in [0.15, 0.2) is 5.16 Å². The Kier molecular flexibility index (Phi) is 9.63. The van der Waals surface area contributed by atoms with Crippen molar-refractivity contribution in [3.8, 4) is 0 Å². The van der Waals surface area contributed by atoms with E-state index in [1.807, 2.05) is 25.1 Å². The lowest BCUT2D eigenvalue weighted by Crippen LogP contribution is -2.45. The van der Waals surface area contributed by atoms with E-state index in [9.17, 15) is 0 Å². The molecular formula is C27H35N7OS. The number of rotatable bonds is 11. The van der Waals surface area contributed by atoms with Crippen molar-refractivity contribution in [3.63, 3.8) is 0 Å². The molecule has 0 spiro atoms. The zero-order chi connectivity index (χ0) is 25.2. The van der Waals surface area contributed by atoms with Gasteiger partial charge in [-0.05, 0) is 38.1 Å². The molecule has 1 fully saturated rings. The van der Waals surface area contributed by atoms with Crippen molar-refractivity contribution >= 4 is 35.1 Å². The number of anilines is 1. The van der Waals surface area contributed by atoms with Gasteiger partial charge in [-0.1, -0.05) is 55.4 Å². The third-order valence-electron chi connectivity index (χ3n) is 5.92. The van der Waals surface area contributed by atoms with Gasteiger partial charge in [0, 0.05) is 50.6 Å². The molecule has 8 nitrogen and oxygen atoms in total. The number of thioether (sulfide) groups is 1. The molecule has 190 valence electrons. The highest BCUT2D eigenvalue weighted by Gasteiger charge is 2.19. The van der Waals surface area contributed by atoms with E-state index in [0.717, 1.165) is 68.5 Å². The first-order valence-corrected chi connectivity index (χ1v) is 13.6. The number of likely N-dealkylation sites (N-methyl/N-ethyl adjacent to an activating group) is 1. The second kappa shape index (κ2) is 13.3. The van der Waals surface area contributed by atoms with Gasteiger partial charge >= 0.3 is 0 Å². The molecule has 1 aliphatic heterocycles. The lowest BCUT2D eigenvalue weighted by molar-refractivity contribution is 0.311. The first-order chi connectivity index (χ1) is 17.6. The topological polar surface area (TPSA) is 83.0 Å². The number of aromatic nitrogens is 3. The third kappa shape index (κ3) is 7.73. The SMILES string of the molecule is CCCCN=C(CC(C)=Nc1nc(SCc2ccccc2)nc(N2CCN(C)CC2)n1)c1ccco1. The molecule has 0 N–H and O–H groups in total. The smallest absolute Gasteiger partial charge is 0.255 e. The highest BCUT2D eigenvalue weighted by molar-refractivity contribution is 7.98. The van der Waals surface area contributed by atoms with Crippen molar-refractivity contribution in [2.45, 2.75) is 44.0 Å². The molecule has 0 bridgehead atoms. The summed E-state index contributed by atoms with van der Waals surface area (Å²) in [6.07, 6.45) is 4.41. The van der Waals surface area contributed by atoms with Crippen LogP contribution < -0.4 is 4.90 Å². The van der Waals surface area contributed by atoms with Gasteiger partial charge in [0.1, 0.15) is 5.76 Å². The Morgan fingerprint density at radius 3 is 2.56 bits per heavy atom. The average Bonchev–Trinajstić information content (AvgIpc) is 3.43. The maximum absolute atomic E-state index is 5.64. The van der Waals surface area contributed by atoms with Crippen LogP contribution in [0.2, 0.25) is 0 Å². The van der Waals surface area contributed by atoms with Crippen LogP contribution in [0, 0.1) is 0 Å². The van der Waals surface area contributed by atoms with Gasteiger partial charge in [-0.25, -0.2) is 4.99 Å².